The van der Waals surface area contributed by atoms with E-state index >= 15 is 0 Å². The Hall–Kier alpha value is -3.18. The van der Waals surface area contributed by atoms with Crippen molar-refractivity contribution < 1.29 is 0 Å². The van der Waals surface area contributed by atoms with Gasteiger partial charge in [0.05, 0.1) is 6.04 Å². The molecule has 188 valence electrons. The minimum absolute atomic E-state index is 0.325. The predicted octanol–water partition coefficient (Wildman–Crippen LogP) is 5.44. The number of benzene rings is 3. The first-order valence-electron chi connectivity index (χ1n) is 13.8. The molecule has 2 aliphatic heterocycles. The van der Waals surface area contributed by atoms with E-state index in [-0.39, 0.29) is 0 Å². The van der Waals surface area contributed by atoms with Gasteiger partial charge in [-0.1, -0.05) is 78.9 Å². The number of aromatic nitrogens is 1. The van der Waals surface area contributed by atoms with Gasteiger partial charge in [0.25, 0.3) is 0 Å². The van der Waals surface area contributed by atoms with E-state index in [1.165, 1.54) is 33.2 Å². The number of likely N-dealkylation sites (N-methyl/N-ethyl adjacent to an activating group) is 1. The molecule has 4 nitrogen and oxygen atoms in total. The summed E-state index contributed by atoms with van der Waals surface area (Å²) in [6.07, 6.45) is 5.96. The first-order chi connectivity index (χ1) is 18.2. The van der Waals surface area contributed by atoms with Gasteiger partial charge in [0.15, 0.2) is 0 Å². The molecule has 0 unspecified atom stereocenters. The van der Waals surface area contributed by atoms with Crippen LogP contribution in [0.3, 0.4) is 0 Å². The highest BCUT2D eigenvalue weighted by Gasteiger charge is 2.35. The predicted molar refractivity (Wildman–Crippen MR) is 153 cm³/mol. The number of aromatic amines is 1. The van der Waals surface area contributed by atoms with Crippen molar-refractivity contribution in [3.05, 3.63) is 113 Å². The normalized spacial score (nSPS) is 22.8. The van der Waals surface area contributed by atoms with Gasteiger partial charge in [0.2, 0.25) is 0 Å². The summed E-state index contributed by atoms with van der Waals surface area (Å²) in [4.78, 5) is 11.5. The topological polar surface area (TPSA) is 25.5 Å². The summed E-state index contributed by atoms with van der Waals surface area (Å²) >= 11 is 0. The van der Waals surface area contributed by atoms with E-state index in [9.17, 15) is 0 Å². The standard InChI is InChI=1S/C33H36N4/c1-35-22-24(19-29-28-13-8-14-30-32(28)27(21-34-30)20-31(29)35)23-36-15-17-37(18-16-36)33(25-9-4-2-5-10-25)26-11-6-3-7-12-26/h2-14,19,21,24,31,33-34H,15-18,20,22-23H2,1H3/t24-,31-/m1/s1. The molecule has 3 heterocycles. The minimum Gasteiger partial charge on any atom is -0.361 e. The average molecular weight is 489 g/mol. The van der Waals surface area contributed by atoms with Crippen LogP contribution in [0.1, 0.15) is 28.3 Å². The molecule has 1 saturated heterocycles. The molecule has 0 saturated carbocycles. The number of rotatable bonds is 5. The van der Waals surface area contributed by atoms with Crippen LogP contribution in [0.4, 0.5) is 0 Å². The van der Waals surface area contributed by atoms with Crippen LogP contribution in [0, 0.1) is 5.92 Å². The highest BCUT2D eigenvalue weighted by atomic mass is 15.3. The summed E-state index contributed by atoms with van der Waals surface area (Å²) in [6.45, 7) is 6.73. The molecule has 1 N–H and O–H groups in total. The second-order valence-electron chi connectivity index (χ2n) is 11.1. The Bertz CT molecular complexity index is 1360. The van der Waals surface area contributed by atoms with Crippen LogP contribution >= 0.6 is 0 Å². The van der Waals surface area contributed by atoms with Crippen molar-refractivity contribution in [1.82, 2.24) is 19.7 Å². The molecular formula is C33H36N4. The zero-order valence-corrected chi connectivity index (χ0v) is 21.7. The quantitative estimate of drug-likeness (QED) is 0.405. The van der Waals surface area contributed by atoms with Crippen LogP contribution in [-0.4, -0.2) is 72.0 Å². The van der Waals surface area contributed by atoms with E-state index in [0.29, 0.717) is 18.0 Å². The maximum absolute atomic E-state index is 3.50. The van der Waals surface area contributed by atoms with Crippen LogP contribution in [0.5, 0.6) is 0 Å². The molecule has 7 rings (SSSR count). The smallest absolute Gasteiger partial charge is 0.0602 e. The summed E-state index contributed by atoms with van der Waals surface area (Å²) in [7, 11) is 2.32. The second kappa shape index (κ2) is 9.60. The lowest BCUT2D eigenvalue weighted by molar-refractivity contribution is 0.0949. The third-order valence-corrected chi connectivity index (χ3v) is 8.84. The summed E-state index contributed by atoms with van der Waals surface area (Å²) < 4.78 is 0. The lowest BCUT2D eigenvalue weighted by Gasteiger charge is -2.43. The van der Waals surface area contributed by atoms with Crippen molar-refractivity contribution in [1.29, 1.82) is 0 Å². The molecule has 4 aromatic rings. The van der Waals surface area contributed by atoms with Crippen molar-refractivity contribution in [2.24, 2.45) is 5.92 Å². The molecule has 0 spiro atoms. The summed E-state index contributed by atoms with van der Waals surface area (Å²) in [6, 6.07) is 29.6. The average Bonchev–Trinajstić information content (AvgIpc) is 3.36. The Morgan fingerprint density at radius 3 is 2.24 bits per heavy atom. The fourth-order valence-corrected chi connectivity index (χ4v) is 7.08. The minimum atomic E-state index is 0.325. The highest BCUT2D eigenvalue weighted by Crippen LogP contribution is 2.41. The van der Waals surface area contributed by atoms with Crippen molar-refractivity contribution in [2.75, 3.05) is 46.3 Å². The number of nitrogens with zero attached hydrogens (tertiary/aromatic N) is 3. The summed E-state index contributed by atoms with van der Waals surface area (Å²) in [5, 5.41) is 1.44. The molecular weight excluding hydrogens is 452 g/mol. The van der Waals surface area contributed by atoms with Crippen LogP contribution in [0.15, 0.2) is 91.1 Å². The maximum atomic E-state index is 3.50. The van der Waals surface area contributed by atoms with Gasteiger partial charge in [0, 0.05) is 68.3 Å². The van der Waals surface area contributed by atoms with E-state index in [1.807, 2.05) is 0 Å². The van der Waals surface area contributed by atoms with Gasteiger partial charge in [-0.2, -0.15) is 0 Å². The van der Waals surface area contributed by atoms with Gasteiger partial charge >= 0.3 is 0 Å². The van der Waals surface area contributed by atoms with Crippen molar-refractivity contribution in [3.8, 4) is 0 Å². The van der Waals surface area contributed by atoms with Crippen LogP contribution in [0.2, 0.25) is 0 Å². The number of H-pyrrole nitrogens is 1. The third-order valence-electron chi connectivity index (χ3n) is 8.84. The molecule has 3 aliphatic rings. The fourth-order valence-electron chi connectivity index (χ4n) is 7.08. The van der Waals surface area contributed by atoms with Gasteiger partial charge in [-0.25, -0.2) is 0 Å². The first-order valence-corrected chi connectivity index (χ1v) is 13.8. The monoisotopic (exact) mass is 488 g/mol. The largest absolute Gasteiger partial charge is 0.361 e. The number of fused-ring (bicyclic) bond motifs is 2. The number of nitrogens with one attached hydrogen (secondary N) is 1. The number of hydrogen-bond acceptors (Lipinski definition) is 3. The Balaban J connectivity index is 1.08. The molecule has 0 bridgehead atoms. The van der Waals surface area contributed by atoms with Crippen molar-refractivity contribution in [3.63, 3.8) is 0 Å². The SMILES string of the molecule is CN1C[C@H](CN2CCN(C(c3ccccc3)c3ccccc3)CC2)C=C2c3cccc4[nH]cc(c34)C[C@H]21. The van der Waals surface area contributed by atoms with E-state index in [0.717, 1.165) is 45.7 Å². The third kappa shape index (κ3) is 4.23. The van der Waals surface area contributed by atoms with Gasteiger partial charge in [0.1, 0.15) is 0 Å². The molecule has 3 aromatic carbocycles. The second-order valence-corrected chi connectivity index (χ2v) is 11.1. The van der Waals surface area contributed by atoms with Crippen LogP contribution in [-0.2, 0) is 6.42 Å². The lowest BCUT2D eigenvalue weighted by atomic mass is 9.80. The van der Waals surface area contributed by atoms with E-state index in [1.54, 1.807) is 5.57 Å². The molecule has 0 radical (unpaired) electrons. The van der Waals surface area contributed by atoms with Gasteiger partial charge in [-0.05, 0) is 47.4 Å². The Morgan fingerprint density at radius 2 is 1.54 bits per heavy atom. The van der Waals surface area contributed by atoms with Crippen LogP contribution < -0.4 is 0 Å². The van der Waals surface area contributed by atoms with Gasteiger partial charge in [-0.3, -0.25) is 9.80 Å². The van der Waals surface area contributed by atoms with Crippen LogP contribution in [0.25, 0.3) is 16.5 Å². The zero-order valence-electron chi connectivity index (χ0n) is 21.7. The molecule has 37 heavy (non-hydrogen) atoms. The number of piperazine rings is 1. The highest BCUT2D eigenvalue weighted by molar-refractivity contribution is 5.98. The summed E-state index contributed by atoms with van der Waals surface area (Å²) in [5.41, 5.74) is 8.52. The van der Waals surface area contributed by atoms with Crippen molar-refractivity contribution in [2.45, 2.75) is 18.5 Å². The van der Waals surface area contributed by atoms with E-state index in [4.69, 9.17) is 0 Å². The zero-order chi connectivity index (χ0) is 24.8. The molecule has 1 aromatic heterocycles. The molecule has 4 heteroatoms. The lowest BCUT2D eigenvalue weighted by Crippen LogP contribution is -2.51. The Kier molecular flexibility index (Phi) is 5.96. The Labute approximate surface area is 220 Å². The summed E-state index contributed by atoms with van der Waals surface area (Å²) in [5.74, 6) is 0.567. The van der Waals surface area contributed by atoms with E-state index < -0.39 is 0 Å². The maximum Gasteiger partial charge on any atom is 0.0602 e. The molecule has 1 fully saturated rings. The van der Waals surface area contributed by atoms with Gasteiger partial charge < -0.3 is 9.88 Å². The van der Waals surface area contributed by atoms with Gasteiger partial charge in [-0.15, -0.1) is 0 Å². The van der Waals surface area contributed by atoms with E-state index in [2.05, 4.69) is 118 Å². The molecule has 1 aliphatic carbocycles. The molecule has 0 amide bonds. The molecule has 2 atom stereocenters. The van der Waals surface area contributed by atoms with Crippen molar-refractivity contribution >= 4 is 16.5 Å². The number of hydrogen-bond donors (Lipinski definition) is 1. The fraction of sp³-hybridized carbons (Fsp3) is 0.333. The Morgan fingerprint density at radius 1 is 0.838 bits per heavy atom. The first kappa shape index (κ1) is 23.0.